The first-order valence-corrected chi connectivity index (χ1v) is 7.48. The van der Waals surface area contributed by atoms with Crippen LogP contribution in [0.15, 0.2) is 53.0 Å². The number of nitrogens with one attached hydrogen (secondary N) is 2. The third-order valence-electron chi connectivity index (χ3n) is 3.11. The van der Waals surface area contributed by atoms with Crippen LogP contribution >= 0.6 is 15.9 Å². The third-order valence-corrected chi connectivity index (χ3v) is 3.64. The average molecular weight is 362 g/mol. The summed E-state index contributed by atoms with van der Waals surface area (Å²) in [5, 5.41) is 5.36. The number of anilines is 1. The molecule has 0 spiro atoms. The van der Waals surface area contributed by atoms with Gasteiger partial charge in [-0.05, 0) is 42.8 Å². The fourth-order valence-corrected chi connectivity index (χ4v) is 2.26. The largest absolute Gasteiger partial charge is 0.351 e. The molecule has 114 valence electrons. The van der Waals surface area contributed by atoms with E-state index in [1.54, 1.807) is 24.3 Å². The highest BCUT2D eigenvalue weighted by atomic mass is 79.9. The predicted molar refractivity (Wildman–Crippen MR) is 89.7 cm³/mol. The van der Waals surface area contributed by atoms with Crippen molar-refractivity contribution in [3.63, 3.8) is 0 Å². The number of hydrogen-bond acceptors (Lipinski definition) is 2. The Morgan fingerprint density at radius 1 is 1.14 bits per heavy atom. The highest BCUT2D eigenvalue weighted by molar-refractivity contribution is 9.10. The van der Waals surface area contributed by atoms with Crippen LogP contribution in [0, 0.1) is 0 Å². The fraction of sp³-hybridized carbons (Fsp3) is 0.125. The lowest BCUT2D eigenvalue weighted by Gasteiger charge is -2.15. The number of carbonyl (C=O) groups excluding carboxylic acids is 2. The number of nitrogens with two attached hydrogens (primary N) is 1. The Morgan fingerprint density at radius 2 is 1.82 bits per heavy atom. The maximum Gasteiger partial charge on any atom is 0.316 e. The molecule has 2 rings (SSSR count). The number of benzene rings is 2. The van der Waals surface area contributed by atoms with Crippen molar-refractivity contribution in [1.29, 1.82) is 0 Å². The Labute approximate surface area is 137 Å². The lowest BCUT2D eigenvalue weighted by atomic mass is 10.1. The first-order chi connectivity index (χ1) is 10.5. The van der Waals surface area contributed by atoms with Gasteiger partial charge in [-0.3, -0.25) is 4.79 Å². The van der Waals surface area contributed by atoms with E-state index in [9.17, 15) is 9.59 Å². The zero-order valence-electron chi connectivity index (χ0n) is 12.0. The van der Waals surface area contributed by atoms with Gasteiger partial charge in [-0.25, -0.2) is 4.79 Å². The number of halogens is 1. The second-order valence-electron chi connectivity index (χ2n) is 4.82. The van der Waals surface area contributed by atoms with Gasteiger partial charge in [0.15, 0.2) is 0 Å². The second kappa shape index (κ2) is 7.09. The minimum atomic E-state index is -0.666. The Morgan fingerprint density at radius 3 is 2.45 bits per heavy atom. The molecule has 2 aromatic rings. The zero-order valence-corrected chi connectivity index (χ0v) is 13.6. The maximum absolute atomic E-state index is 12.3. The van der Waals surface area contributed by atoms with E-state index in [0.29, 0.717) is 11.3 Å². The van der Waals surface area contributed by atoms with Crippen LogP contribution in [0.5, 0.6) is 0 Å². The summed E-state index contributed by atoms with van der Waals surface area (Å²) in [7, 11) is 0. The molecule has 6 heteroatoms. The minimum Gasteiger partial charge on any atom is -0.351 e. The smallest absolute Gasteiger partial charge is 0.316 e. The minimum absolute atomic E-state index is 0.131. The van der Waals surface area contributed by atoms with Crippen LogP contribution in [-0.4, -0.2) is 11.9 Å². The monoisotopic (exact) mass is 361 g/mol. The normalized spacial score (nSPS) is 11.5. The molecule has 0 aliphatic carbocycles. The van der Waals surface area contributed by atoms with Crippen molar-refractivity contribution in [3.05, 3.63) is 64.1 Å². The second-order valence-corrected chi connectivity index (χ2v) is 5.73. The summed E-state index contributed by atoms with van der Waals surface area (Å²) in [5.74, 6) is -0.219. The molecule has 5 nitrogen and oxygen atoms in total. The molecule has 0 unspecified atom stereocenters. The van der Waals surface area contributed by atoms with Gasteiger partial charge in [0, 0.05) is 15.7 Å². The van der Waals surface area contributed by atoms with Gasteiger partial charge in [0.25, 0.3) is 5.91 Å². The summed E-state index contributed by atoms with van der Waals surface area (Å²) in [5.41, 5.74) is 7.00. The SMILES string of the molecule is C[C@@H](NC(=O)c1cccc(NC(N)=O)c1)c1ccc(Br)cc1. The van der Waals surface area contributed by atoms with E-state index in [1.807, 2.05) is 31.2 Å². The van der Waals surface area contributed by atoms with Gasteiger partial charge in [0.1, 0.15) is 0 Å². The van der Waals surface area contributed by atoms with Crippen LogP contribution in [0.2, 0.25) is 0 Å². The quantitative estimate of drug-likeness (QED) is 0.779. The molecule has 0 aliphatic rings. The van der Waals surface area contributed by atoms with Gasteiger partial charge in [-0.1, -0.05) is 34.1 Å². The summed E-state index contributed by atoms with van der Waals surface area (Å²) < 4.78 is 0.986. The van der Waals surface area contributed by atoms with Crippen LogP contribution in [-0.2, 0) is 0 Å². The first-order valence-electron chi connectivity index (χ1n) is 6.68. The molecule has 0 aliphatic heterocycles. The van der Waals surface area contributed by atoms with Gasteiger partial charge in [0.05, 0.1) is 6.04 Å². The van der Waals surface area contributed by atoms with Gasteiger partial charge in [-0.15, -0.1) is 0 Å². The summed E-state index contributed by atoms with van der Waals surface area (Å²) in [4.78, 5) is 23.1. The highest BCUT2D eigenvalue weighted by Crippen LogP contribution is 2.17. The van der Waals surface area contributed by atoms with Crippen LogP contribution in [0.1, 0.15) is 28.9 Å². The van der Waals surface area contributed by atoms with Crippen molar-refractivity contribution in [1.82, 2.24) is 5.32 Å². The molecule has 1 atom stereocenters. The summed E-state index contributed by atoms with van der Waals surface area (Å²) in [6, 6.07) is 13.5. The lowest BCUT2D eigenvalue weighted by Crippen LogP contribution is -2.27. The lowest BCUT2D eigenvalue weighted by molar-refractivity contribution is 0.0940. The average Bonchev–Trinajstić information content (AvgIpc) is 2.47. The van der Waals surface area contributed by atoms with Crippen molar-refractivity contribution in [2.24, 2.45) is 5.73 Å². The van der Waals surface area contributed by atoms with Gasteiger partial charge >= 0.3 is 6.03 Å². The van der Waals surface area contributed by atoms with E-state index in [0.717, 1.165) is 10.0 Å². The van der Waals surface area contributed by atoms with Crippen LogP contribution < -0.4 is 16.4 Å². The fourth-order valence-electron chi connectivity index (χ4n) is 2.00. The Hall–Kier alpha value is -2.34. The molecule has 0 saturated heterocycles. The van der Waals surface area contributed by atoms with E-state index in [-0.39, 0.29) is 11.9 Å². The molecule has 4 N–H and O–H groups in total. The van der Waals surface area contributed by atoms with Crippen LogP contribution in [0.3, 0.4) is 0 Å². The van der Waals surface area contributed by atoms with Crippen molar-refractivity contribution in [2.75, 3.05) is 5.32 Å². The molecule has 0 saturated carbocycles. The zero-order chi connectivity index (χ0) is 16.1. The number of primary amides is 1. The number of amides is 3. The molecule has 0 aromatic heterocycles. The van der Waals surface area contributed by atoms with E-state index in [1.165, 1.54) is 0 Å². The van der Waals surface area contributed by atoms with E-state index < -0.39 is 6.03 Å². The van der Waals surface area contributed by atoms with Crippen LogP contribution in [0.25, 0.3) is 0 Å². The predicted octanol–water partition coefficient (Wildman–Crippen LogP) is 3.43. The molecule has 0 heterocycles. The van der Waals surface area contributed by atoms with Crippen molar-refractivity contribution in [3.8, 4) is 0 Å². The maximum atomic E-state index is 12.3. The van der Waals surface area contributed by atoms with Crippen molar-refractivity contribution >= 4 is 33.6 Å². The molecule has 0 bridgehead atoms. The number of carbonyl (C=O) groups is 2. The Kier molecular flexibility index (Phi) is 5.16. The number of urea groups is 1. The molecular weight excluding hydrogens is 346 g/mol. The summed E-state index contributed by atoms with van der Waals surface area (Å²) in [6.45, 7) is 1.91. The number of rotatable bonds is 4. The Bertz CT molecular complexity index is 686. The first kappa shape index (κ1) is 16.0. The van der Waals surface area contributed by atoms with Gasteiger partial charge in [-0.2, -0.15) is 0 Å². The van der Waals surface area contributed by atoms with Crippen molar-refractivity contribution < 1.29 is 9.59 Å². The molecule has 22 heavy (non-hydrogen) atoms. The molecule has 0 fully saturated rings. The topological polar surface area (TPSA) is 84.2 Å². The van der Waals surface area contributed by atoms with Crippen molar-refractivity contribution in [2.45, 2.75) is 13.0 Å². The summed E-state index contributed by atoms with van der Waals surface area (Å²) >= 11 is 3.38. The summed E-state index contributed by atoms with van der Waals surface area (Å²) in [6.07, 6.45) is 0. The van der Waals surface area contributed by atoms with Crippen LogP contribution in [0.4, 0.5) is 10.5 Å². The standard InChI is InChI=1S/C16H16BrN3O2/c1-10(11-5-7-13(17)8-6-11)19-15(21)12-3-2-4-14(9-12)20-16(18)22/h2-10H,1H3,(H,19,21)(H3,18,20,22)/t10-/m1/s1. The highest BCUT2D eigenvalue weighted by Gasteiger charge is 2.12. The van der Waals surface area contributed by atoms with Gasteiger partial charge < -0.3 is 16.4 Å². The number of hydrogen-bond donors (Lipinski definition) is 3. The van der Waals surface area contributed by atoms with Gasteiger partial charge in [0.2, 0.25) is 0 Å². The molecule has 3 amide bonds. The van der Waals surface area contributed by atoms with E-state index >= 15 is 0 Å². The molecule has 2 aromatic carbocycles. The van der Waals surface area contributed by atoms with E-state index in [2.05, 4.69) is 26.6 Å². The van der Waals surface area contributed by atoms with E-state index in [4.69, 9.17) is 5.73 Å². The molecular formula is C16H16BrN3O2. The Balaban J connectivity index is 2.08. The molecule has 0 radical (unpaired) electrons. The third kappa shape index (κ3) is 4.33.